The fourth-order valence-corrected chi connectivity index (χ4v) is 3.15. The molecule has 0 amide bonds. The molecule has 3 heterocycles. The number of aliphatic hydroxyl groups is 1. The minimum atomic E-state index is -0.748. The number of nitrogens with zero attached hydrogens (tertiary/aromatic N) is 3. The summed E-state index contributed by atoms with van der Waals surface area (Å²) >= 11 is 6.16. The predicted octanol–water partition coefficient (Wildman–Crippen LogP) is 3.10. The lowest BCUT2D eigenvalue weighted by molar-refractivity contribution is -0.238. The zero-order valence-electron chi connectivity index (χ0n) is 14.2. The van der Waals surface area contributed by atoms with Gasteiger partial charge in [-0.05, 0) is 39.3 Å². The number of hydrogen-bond acceptors (Lipinski definition) is 5. The Morgan fingerprint density at radius 1 is 1.42 bits per heavy atom. The molecule has 1 aliphatic heterocycles. The summed E-state index contributed by atoms with van der Waals surface area (Å²) in [6.45, 7) is 7.77. The summed E-state index contributed by atoms with van der Waals surface area (Å²) in [7, 11) is 0. The highest BCUT2D eigenvalue weighted by Crippen LogP contribution is 2.31. The molecule has 3 atom stereocenters. The van der Waals surface area contributed by atoms with E-state index in [9.17, 15) is 5.11 Å². The first-order chi connectivity index (χ1) is 11.3. The molecule has 24 heavy (non-hydrogen) atoms. The molecule has 6 nitrogen and oxygen atoms in total. The molecule has 3 rings (SSSR count). The Labute approximate surface area is 146 Å². The normalized spacial score (nSPS) is 28.0. The Balaban J connectivity index is 2.11. The second kappa shape index (κ2) is 6.44. The molecule has 0 bridgehead atoms. The van der Waals surface area contributed by atoms with E-state index in [1.54, 1.807) is 6.92 Å². The third-order valence-electron chi connectivity index (χ3n) is 4.24. The quantitative estimate of drug-likeness (QED) is 0.665. The number of aromatic nitrogens is 3. The Bertz CT molecular complexity index is 770. The van der Waals surface area contributed by atoms with E-state index < -0.39 is 11.9 Å². The highest BCUT2D eigenvalue weighted by atomic mass is 35.5. The largest absolute Gasteiger partial charge is 0.389 e. The summed E-state index contributed by atoms with van der Waals surface area (Å²) in [4.78, 5) is 8.38. The second-order valence-corrected chi connectivity index (χ2v) is 6.90. The van der Waals surface area contributed by atoms with Crippen molar-refractivity contribution in [2.75, 3.05) is 6.61 Å². The molecular weight excluding hydrogens is 330 g/mol. The van der Waals surface area contributed by atoms with E-state index in [1.807, 2.05) is 43.7 Å². The molecule has 1 unspecified atom stereocenters. The Morgan fingerprint density at radius 3 is 2.88 bits per heavy atom. The number of fused-ring (bicyclic) bond motifs is 1. The molecule has 0 aromatic carbocycles. The van der Waals surface area contributed by atoms with E-state index in [0.29, 0.717) is 11.8 Å². The van der Waals surface area contributed by atoms with E-state index >= 15 is 0 Å². The van der Waals surface area contributed by atoms with Crippen molar-refractivity contribution in [2.45, 2.75) is 51.7 Å². The van der Waals surface area contributed by atoms with Gasteiger partial charge in [-0.25, -0.2) is 9.97 Å². The van der Waals surface area contributed by atoms with Crippen LogP contribution in [-0.4, -0.2) is 44.2 Å². The van der Waals surface area contributed by atoms with Crippen LogP contribution in [0, 0.1) is 0 Å². The molecule has 0 saturated carbocycles. The minimum absolute atomic E-state index is 0.152. The first-order valence-corrected chi connectivity index (χ1v) is 8.34. The summed E-state index contributed by atoms with van der Waals surface area (Å²) in [6.07, 6.45) is 4.55. The zero-order valence-corrected chi connectivity index (χ0v) is 15.0. The van der Waals surface area contributed by atoms with E-state index in [0.717, 1.165) is 16.6 Å². The highest BCUT2D eigenvalue weighted by Gasteiger charge is 2.31. The van der Waals surface area contributed by atoms with Crippen molar-refractivity contribution >= 4 is 22.6 Å². The van der Waals surface area contributed by atoms with Crippen molar-refractivity contribution in [1.82, 2.24) is 14.5 Å². The van der Waals surface area contributed by atoms with Crippen LogP contribution in [0.5, 0.6) is 0 Å². The minimum Gasteiger partial charge on any atom is -0.389 e. The molecule has 0 aliphatic carbocycles. The number of hydrogen-bond donors (Lipinski definition) is 1. The van der Waals surface area contributed by atoms with Crippen molar-refractivity contribution in [2.24, 2.45) is 0 Å². The SMILES string of the molecule is CC(O)/C1=C/[C@@H](n2ccc3c(Cl)ncnc32)[C@@H](C)OC(C)(C)OC1. The Hall–Kier alpha value is -1.47. The standard InChI is InChI=1S/C17H22ClN3O3/c1-10(22)12-7-14(11(2)24-17(3,4)23-8-12)21-6-5-13-15(18)19-9-20-16(13)21/h5-7,9-11,14,22H,8H2,1-4H3/b12-7+/t10?,11-,14-/m1/s1. The van der Waals surface area contributed by atoms with Crippen molar-refractivity contribution in [3.05, 3.63) is 35.4 Å². The molecule has 130 valence electrons. The van der Waals surface area contributed by atoms with Crippen LogP contribution in [0.4, 0.5) is 0 Å². The van der Waals surface area contributed by atoms with E-state index in [4.69, 9.17) is 21.1 Å². The maximum atomic E-state index is 10.1. The Kier molecular flexibility index (Phi) is 4.66. The summed E-state index contributed by atoms with van der Waals surface area (Å²) in [5.41, 5.74) is 1.54. The molecule has 7 heteroatoms. The summed E-state index contributed by atoms with van der Waals surface area (Å²) in [5.74, 6) is -0.748. The zero-order chi connectivity index (χ0) is 17.5. The summed E-state index contributed by atoms with van der Waals surface area (Å²) < 4.78 is 13.9. The second-order valence-electron chi connectivity index (χ2n) is 6.54. The fraction of sp³-hybridized carbons (Fsp3) is 0.529. The number of ether oxygens (including phenoxy) is 2. The summed E-state index contributed by atoms with van der Waals surface area (Å²) in [5, 5.41) is 11.3. The number of aliphatic hydroxyl groups excluding tert-OH is 1. The summed E-state index contributed by atoms with van der Waals surface area (Å²) in [6, 6.07) is 1.74. The van der Waals surface area contributed by atoms with Gasteiger partial charge in [-0.15, -0.1) is 0 Å². The van der Waals surface area contributed by atoms with Gasteiger partial charge in [0.1, 0.15) is 17.1 Å². The van der Waals surface area contributed by atoms with Crippen LogP contribution in [0.1, 0.15) is 33.7 Å². The van der Waals surface area contributed by atoms with Gasteiger partial charge in [-0.3, -0.25) is 0 Å². The molecule has 2 aromatic rings. The molecule has 2 aromatic heterocycles. The topological polar surface area (TPSA) is 69.4 Å². The average molecular weight is 352 g/mol. The number of rotatable bonds is 2. The lowest BCUT2D eigenvalue weighted by Crippen LogP contribution is -2.39. The van der Waals surface area contributed by atoms with Gasteiger partial charge in [0.15, 0.2) is 5.79 Å². The van der Waals surface area contributed by atoms with Crippen LogP contribution >= 0.6 is 11.6 Å². The molecule has 1 N–H and O–H groups in total. The van der Waals surface area contributed by atoms with Gasteiger partial charge >= 0.3 is 0 Å². The lowest BCUT2D eigenvalue weighted by Gasteiger charge is -2.36. The molecule has 0 radical (unpaired) electrons. The van der Waals surface area contributed by atoms with Gasteiger partial charge in [0.05, 0.1) is 30.2 Å². The van der Waals surface area contributed by atoms with Crippen LogP contribution in [0.15, 0.2) is 30.2 Å². The molecule has 0 saturated heterocycles. The van der Waals surface area contributed by atoms with Gasteiger partial charge in [-0.2, -0.15) is 0 Å². The van der Waals surface area contributed by atoms with Crippen molar-refractivity contribution < 1.29 is 14.6 Å². The van der Waals surface area contributed by atoms with Crippen LogP contribution in [0.3, 0.4) is 0 Å². The molecule has 0 spiro atoms. The fourth-order valence-electron chi connectivity index (χ4n) is 2.96. The van der Waals surface area contributed by atoms with Crippen LogP contribution < -0.4 is 0 Å². The van der Waals surface area contributed by atoms with Crippen LogP contribution in [-0.2, 0) is 9.47 Å². The predicted molar refractivity (Wildman–Crippen MR) is 91.9 cm³/mol. The maximum Gasteiger partial charge on any atom is 0.163 e. The average Bonchev–Trinajstić information content (AvgIpc) is 2.90. The van der Waals surface area contributed by atoms with Gasteiger partial charge < -0.3 is 19.1 Å². The third-order valence-corrected chi connectivity index (χ3v) is 4.54. The number of halogens is 1. The van der Waals surface area contributed by atoms with Gasteiger partial charge in [0.2, 0.25) is 0 Å². The van der Waals surface area contributed by atoms with Crippen molar-refractivity contribution in [3.8, 4) is 0 Å². The smallest absolute Gasteiger partial charge is 0.163 e. The first-order valence-electron chi connectivity index (χ1n) is 7.96. The van der Waals surface area contributed by atoms with Gasteiger partial charge in [0.25, 0.3) is 0 Å². The molecule has 0 fully saturated rings. The van der Waals surface area contributed by atoms with Crippen molar-refractivity contribution in [3.63, 3.8) is 0 Å². The third kappa shape index (κ3) is 3.32. The van der Waals surface area contributed by atoms with E-state index in [-0.39, 0.29) is 12.1 Å². The monoisotopic (exact) mass is 351 g/mol. The van der Waals surface area contributed by atoms with E-state index in [2.05, 4.69) is 9.97 Å². The van der Waals surface area contributed by atoms with Gasteiger partial charge in [0, 0.05) is 6.20 Å². The van der Waals surface area contributed by atoms with E-state index in [1.165, 1.54) is 6.33 Å². The molecular formula is C17H22ClN3O3. The maximum absolute atomic E-state index is 10.1. The highest BCUT2D eigenvalue weighted by molar-refractivity contribution is 6.33. The Morgan fingerprint density at radius 2 is 2.17 bits per heavy atom. The van der Waals surface area contributed by atoms with Gasteiger partial charge in [-0.1, -0.05) is 17.7 Å². The van der Waals surface area contributed by atoms with Crippen LogP contribution in [0.2, 0.25) is 5.15 Å². The van der Waals surface area contributed by atoms with Crippen molar-refractivity contribution in [1.29, 1.82) is 0 Å². The first kappa shape index (κ1) is 17.4. The van der Waals surface area contributed by atoms with Crippen LogP contribution in [0.25, 0.3) is 11.0 Å². The lowest BCUT2D eigenvalue weighted by atomic mass is 10.0. The molecule has 1 aliphatic rings.